The number of imidazole rings is 2. The van der Waals surface area contributed by atoms with Gasteiger partial charge in [0, 0.05) is 30.2 Å². The number of anilines is 1. The molecule has 0 aliphatic heterocycles. The smallest absolute Gasteiger partial charge is 0.326 e. The number of fused-ring (bicyclic) bond motifs is 1. The molecule has 11 nitrogen and oxygen atoms in total. The molecule has 1 saturated carbocycles. The van der Waals surface area contributed by atoms with Crippen LogP contribution in [0.1, 0.15) is 29.9 Å². The molecular weight excluding hydrogens is 446 g/mol. The number of aryl methyl sites for hydroxylation is 1. The van der Waals surface area contributed by atoms with Gasteiger partial charge in [-0.2, -0.15) is 9.61 Å². The van der Waals surface area contributed by atoms with Crippen molar-refractivity contribution in [2.45, 2.75) is 32.4 Å². The minimum atomic E-state index is -0.489. The monoisotopic (exact) mass is 469 g/mol. The third-order valence-electron chi connectivity index (χ3n) is 5.91. The second-order valence-electron chi connectivity index (χ2n) is 8.51. The molecule has 1 aliphatic rings. The summed E-state index contributed by atoms with van der Waals surface area (Å²) in [6, 6.07) is 10.3. The zero-order chi connectivity index (χ0) is 23.9. The molecule has 0 bridgehead atoms. The Kier molecular flexibility index (Phi) is 4.94. The van der Waals surface area contributed by atoms with Crippen molar-refractivity contribution in [1.29, 1.82) is 0 Å². The number of aromatic nitrogens is 7. The van der Waals surface area contributed by atoms with E-state index in [0.717, 1.165) is 29.9 Å². The van der Waals surface area contributed by atoms with E-state index in [0.29, 0.717) is 34.8 Å². The van der Waals surface area contributed by atoms with Crippen molar-refractivity contribution < 1.29 is 5.11 Å². The van der Waals surface area contributed by atoms with Crippen LogP contribution in [0.4, 0.5) is 5.82 Å². The van der Waals surface area contributed by atoms with Gasteiger partial charge in [0.1, 0.15) is 17.3 Å². The first-order chi connectivity index (χ1) is 17.0. The highest BCUT2D eigenvalue weighted by atomic mass is 16.3. The molecule has 0 amide bonds. The summed E-state index contributed by atoms with van der Waals surface area (Å²) in [5.41, 5.74) is 3.17. The molecule has 1 aliphatic carbocycles. The zero-order valence-corrected chi connectivity index (χ0v) is 18.9. The highest BCUT2D eigenvalue weighted by Crippen LogP contribution is 2.22. The average Bonchev–Trinajstić information content (AvgIpc) is 3.26. The molecule has 4 heterocycles. The summed E-state index contributed by atoms with van der Waals surface area (Å²) in [7, 11) is 0. The number of para-hydroxylation sites is 1. The topological polar surface area (TPSA) is 141 Å². The lowest BCUT2D eigenvalue weighted by Gasteiger charge is -2.13. The second kappa shape index (κ2) is 8.28. The highest BCUT2D eigenvalue weighted by molar-refractivity contribution is 5.58. The van der Waals surface area contributed by atoms with Crippen LogP contribution in [0, 0.1) is 6.92 Å². The van der Waals surface area contributed by atoms with Gasteiger partial charge in [0.05, 0.1) is 17.9 Å². The summed E-state index contributed by atoms with van der Waals surface area (Å²) in [6.45, 7) is 2.51. The second-order valence-corrected chi connectivity index (χ2v) is 8.51. The Bertz CT molecular complexity index is 1720. The number of aromatic hydroxyl groups is 1. The van der Waals surface area contributed by atoms with Crippen molar-refractivity contribution >= 4 is 17.5 Å². The van der Waals surface area contributed by atoms with Crippen LogP contribution in [0.15, 0.2) is 58.7 Å². The quantitative estimate of drug-likeness (QED) is 0.294. The van der Waals surface area contributed by atoms with Gasteiger partial charge in [0.15, 0.2) is 11.1 Å². The van der Waals surface area contributed by atoms with Crippen molar-refractivity contribution in [2.24, 2.45) is 4.99 Å². The number of rotatable bonds is 6. The Balaban J connectivity index is 1.41. The van der Waals surface area contributed by atoms with Crippen LogP contribution in [-0.4, -0.2) is 45.3 Å². The van der Waals surface area contributed by atoms with E-state index in [1.165, 1.54) is 0 Å². The van der Waals surface area contributed by atoms with Gasteiger partial charge in [-0.25, -0.2) is 14.8 Å². The maximum atomic E-state index is 11.5. The Morgan fingerprint density at radius 2 is 2.14 bits per heavy atom. The Hall–Kier alpha value is -4.67. The normalized spacial score (nSPS) is 14.8. The summed E-state index contributed by atoms with van der Waals surface area (Å²) >= 11 is 0. The minimum Gasteiger partial charge on any atom is -0.493 e. The Labute approximate surface area is 198 Å². The van der Waals surface area contributed by atoms with Crippen LogP contribution in [0.2, 0.25) is 0 Å². The van der Waals surface area contributed by atoms with Crippen LogP contribution >= 0.6 is 0 Å². The number of hydrogen-bond acceptors (Lipinski definition) is 7. The summed E-state index contributed by atoms with van der Waals surface area (Å²) in [5, 5.41) is 18.5. The fourth-order valence-electron chi connectivity index (χ4n) is 4.00. The number of nitrogens with one attached hydrogen (secondary N) is 3. The summed E-state index contributed by atoms with van der Waals surface area (Å²) < 4.78 is 3.73. The average molecular weight is 470 g/mol. The van der Waals surface area contributed by atoms with Gasteiger partial charge in [-0.15, -0.1) is 0 Å². The van der Waals surface area contributed by atoms with E-state index < -0.39 is 5.69 Å². The van der Waals surface area contributed by atoms with E-state index in [-0.39, 0.29) is 11.6 Å². The standard InChI is InChI=1S/C24H23N9O2/c1-14-25-8-9-32(14)19-5-3-2-4-15(19)12-26-20-11-21(28-17-6-7-17)33-22(30-20)16(13-27-33)10-18-23(34)31-24(35)29-18/h2-5,8-11,13,17,26,34H,6-7,12H2,1H3,(H2,29,31,35)/b16-10-,28-21?. The summed E-state index contributed by atoms with van der Waals surface area (Å²) in [4.78, 5) is 30.3. The third kappa shape index (κ3) is 4.07. The van der Waals surface area contributed by atoms with Crippen molar-refractivity contribution in [3.8, 4) is 11.6 Å². The molecule has 176 valence electrons. The molecule has 35 heavy (non-hydrogen) atoms. The van der Waals surface area contributed by atoms with E-state index in [2.05, 4.69) is 42.1 Å². The zero-order valence-electron chi connectivity index (χ0n) is 18.9. The van der Waals surface area contributed by atoms with E-state index in [9.17, 15) is 9.90 Å². The van der Waals surface area contributed by atoms with Crippen molar-refractivity contribution in [3.63, 3.8) is 0 Å². The van der Waals surface area contributed by atoms with Crippen LogP contribution in [0.5, 0.6) is 5.88 Å². The first-order valence-corrected chi connectivity index (χ1v) is 11.3. The Morgan fingerprint density at radius 1 is 1.29 bits per heavy atom. The van der Waals surface area contributed by atoms with Gasteiger partial charge < -0.3 is 20.0 Å². The van der Waals surface area contributed by atoms with Gasteiger partial charge in [-0.3, -0.25) is 9.98 Å². The number of aromatic amines is 2. The molecule has 0 unspecified atom stereocenters. The SMILES string of the molecule is Cc1nccn1-c1ccccc1CNc1cc(=NC2CC2)n2nc/c(=C/c3[nH]c(=O)[nH]c3O)c2n1. The number of benzene rings is 1. The Morgan fingerprint density at radius 3 is 2.89 bits per heavy atom. The first kappa shape index (κ1) is 20.9. The van der Waals surface area contributed by atoms with Gasteiger partial charge in [-0.1, -0.05) is 18.2 Å². The van der Waals surface area contributed by atoms with Gasteiger partial charge >= 0.3 is 5.69 Å². The lowest BCUT2D eigenvalue weighted by Crippen LogP contribution is -2.20. The number of H-pyrrole nitrogens is 2. The molecule has 4 N–H and O–H groups in total. The maximum Gasteiger partial charge on any atom is 0.326 e. The molecule has 0 saturated heterocycles. The van der Waals surface area contributed by atoms with Crippen LogP contribution in [-0.2, 0) is 6.54 Å². The maximum absolute atomic E-state index is 11.5. The highest BCUT2D eigenvalue weighted by Gasteiger charge is 2.20. The summed E-state index contributed by atoms with van der Waals surface area (Å²) in [5.74, 6) is 1.32. The molecule has 1 aromatic carbocycles. The van der Waals surface area contributed by atoms with E-state index in [1.54, 1.807) is 23.0 Å². The molecule has 6 rings (SSSR count). The third-order valence-corrected chi connectivity index (χ3v) is 5.91. The van der Waals surface area contributed by atoms with Crippen molar-refractivity contribution in [1.82, 2.24) is 34.1 Å². The molecule has 0 spiro atoms. The molecule has 5 aromatic rings. The molecule has 0 atom stereocenters. The molecule has 1 fully saturated rings. The first-order valence-electron chi connectivity index (χ1n) is 11.3. The minimum absolute atomic E-state index is 0.238. The fourth-order valence-corrected chi connectivity index (χ4v) is 4.00. The van der Waals surface area contributed by atoms with Gasteiger partial charge in [-0.05, 0) is 37.5 Å². The molecule has 11 heteroatoms. The van der Waals surface area contributed by atoms with Crippen LogP contribution < -0.4 is 21.7 Å². The number of hydrogen-bond donors (Lipinski definition) is 4. The fraction of sp³-hybridized carbons (Fsp3) is 0.208. The molecule has 4 aromatic heterocycles. The van der Waals surface area contributed by atoms with E-state index in [4.69, 9.17) is 9.98 Å². The van der Waals surface area contributed by atoms with E-state index >= 15 is 0 Å². The van der Waals surface area contributed by atoms with Crippen LogP contribution in [0.3, 0.4) is 0 Å². The van der Waals surface area contributed by atoms with Gasteiger partial charge in [0.25, 0.3) is 0 Å². The number of nitrogens with zero attached hydrogens (tertiary/aromatic N) is 6. The summed E-state index contributed by atoms with van der Waals surface area (Å²) in [6.07, 6.45) is 9.12. The predicted molar refractivity (Wildman–Crippen MR) is 129 cm³/mol. The van der Waals surface area contributed by atoms with Crippen molar-refractivity contribution in [3.05, 3.63) is 87.2 Å². The molecular formula is C24H23N9O2. The van der Waals surface area contributed by atoms with E-state index in [1.807, 2.05) is 31.3 Å². The van der Waals surface area contributed by atoms with Crippen LogP contribution in [0.25, 0.3) is 17.4 Å². The lowest BCUT2D eigenvalue weighted by atomic mass is 10.1. The largest absolute Gasteiger partial charge is 0.493 e. The lowest BCUT2D eigenvalue weighted by molar-refractivity contribution is 0.454. The van der Waals surface area contributed by atoms with Gasteiger partial charge in [0.2, 0.25) is 5.88 Å². The predicted octanol–water partition coefficient (Wildman–Crippen LogP) is 1.17. The molecule has 0 radical (unpaired) electrons. The van der Waals surface area contributed by atoms with Crippen molar-refractivity contribution in [2.75, 3.05) is 5.32 Å².